The fourth-order valence-corrected chi connectivity index (χ4v) is 2.77. The van der Waals surface area contributed by atoms with Crippen LogP contribution in [0.1, 0.15) is 11.1 Å². The summed E-state index contributed by atoms with van der Waals surface area (Å²) in [6.07, 6.45) is 1.46. The number of hydrogen-bond acceptors (Lipinski definition) is 5. The van der Waals surface area contributed by atoms with Crippen LogP contribution in [-0.2, 0) is 23.1 Å². The summed E-state index contributed by atoms with van der Waals surface area (Å²) in [5.74, 6) is -0.154. The maximum atomic E-state index is 14.0. The summed E-state index contributed by atoms with van der Waals surface area (Å²) in [5, 5.41) is 8.02. The van der Waals surface area contributed by atoms with Crippen LogP contribution >= 0.6 is 0 Å². The number of rotatable bonds is 6. The fraction of sp³-hybridized carbons (Fsp3) is 0.267. The molecule has 8 heteroatoms. The summed E-state index contributed by atoms with van der Waals surface area (Å²) in [4.78, 5) is 5.75. The molecule has 1 aromatic heterocycles. The van der Waals surface area contributed by atoms with E-state index in [0.29, 0.717) is 17.7 Å². The minimum atomic E-state index is -3.87. The molecule has 0 saturated carbocycles. The van der Waals surface area contributed by atoms with Gasteiger partial charge in [-0.25, -0.2) is 22.9 Å². The fourth-order valence-electron chi connectivity index (χ4n) is 2.11. The van der Waals surface area contributed by atoms with Crippen LogP contribution in [0.4, 0.5) is 10.2 Å². The number of sulfonamides is 1. The van der Waals surface area contributed by atoms with Gasteiger partial charge < -0.3 is 10.2 Å². The molecule has 0 atom stereocenters. The monoisotopic (exact) mass is 338 g/mol. The summed E-state index contributed by atoms with van der Waals surface area (Å²) in [7, 11) is -0.139. The van der Waals surface area contributed by atoms with E-state index in [0.717, 1.165) is 0 Å². The number of primary sulfonamides is 1. The number of benzene rings is 1. The van der Waals surface area contributed by atoms with Crippen LogP contribution in [0.2, 0.25) is 0 Å². The maximum absolute atomic E-state index is 14.0. The second-order valence-electron chi connectivity index (χ2n) is 5.41. The van der Waals surface area contributed by atoms with Gasteiger partial charge in [0.2, 0.25) is 10.0 Å². The van der Waals surface area contributed by atoms with E-state index in [1.807, 2.05) is 19.0 Å². The number of hydrogen-bond donors (Lipinski definition) is 2. The van der Waals surface area contributed by atoms with Crippen LogP contribution in [-0.4, -0.2) is 32.4 Å². The van der Waals surface area contributed by atoms with Crippen LogP contribution in [0.15, 0.2) is 41.4 Å². The van der Waals surface area contributed by atoms with E-state index in [9.17, 15) is 12.8 Å². The third-order valence-electron chi connectivity index (χ3n) is 3.14. The first-order chi connectivity index (χ1) is 10.8. The number of nitrogens with one attached hydrogen (secondary N) is 1. The Morgan fingerprint density at radius 1 is 1.30 bits per heavy atom. The van der Waals surface area contributed by atoms with E-state index in [4.69, 9.17) is 5.14 Å². The van der Waals surface area contributed by atoms with Crippen molar-refractivity contribution in [3.8, 4) is 0 Å². The third-order valence-corrected chi connectivity index (χ3v) is 4.08. The zero-order valence-electron chi connectivity index (χ0n) is 13.0. The Morgan fingerprint density at radius 3 is 2.65 bits per heavy atom. The summed E-state index contributed by atoms with van der Waals surface area (Å²) >= 11 is 0. The predicted molar refractivity (Wildman–Crippen MR) is 86.7 cm³/mol. The van der Waals surface area contributed by atoms with Crippen molar-refractivity contribution in [3.05, 3.63) is 53.5 Å². The molecule has 23 heavy (non-hydrogen) atoms. The highest BCUT2D eigenvalue weighted by Crippen LogP contribution is 2.18. The number of anilines is 1. The van der Waals surface area contributed by atoms with Crippen molar-refractivity contribution in [1.82, 2.24) is 9.88 Å². The van der Waals surface area contributed by atoms with Gasteiger partial charge in [-0.3, -0.25) is 0 Å². The summed E-state index contributed by atoms with van der Waals surface area (Å²) in [5.41, 5.74) is 1.28. The van der Waals surface area contributed by atoms with Crippen LogP contribution in [0.5, 0.6) is 0 Å². The molecule has 1 aromatic carbocycles. The van der Waals surface area contributed by atoms with Crippen molar-refractivity contribution < 1.29 is 12.8 Å². The number of pyridine rings is 1. The average molecular weight is 338 g/mol. The molecule has 2 aromatic rings. The molecule has 0 spiro atoms. The van der Waals surface area contributed by atoms with Gasteiger partial charge in [-0.15, -0.1) is 0 Å². The van der Waals surface area contributed by atoms with Gasteiger partial charge in [0.25, 0.3) is 0 Å². The minimum Gasteiger partial charge on any atom is -0.365 e. The van der Waals surface area contributed by atoms with Gasteiger partial charge in [-0.05, 0) is 37.9 Å². The molecule has 2 rings (SSSR count). The molecular formula is C15H19FN4O2S. The predicted octanol–water partition coefficient (Wildman–Crippen LogP) is 1.54. The highest BCUT2D eigenvalue weighted by Gasteiger charge is 2.14. The number of nitrogens with two attached hydrogens (primary N) is 1. The molecule has 0 radical (unpaired) electrons. The second-order valence-corrected chi connectivity index (χ2v) is 6.94. The summed E-state index contributed by atoms with van der Waals surface area (Å²) in [6, 6.07) is 7.78. The zero-order chi connectivity index (χ0) is 17.0. The third kappa shape index (κ3) is 4.72. The Morgan fingerprint density at radius 2 is 2.04 bits per heavy atom. The van der Waals surface area contributed by atoms with Gasteiger partial charge in [0.05, 0.1) is 0 Å². The Hall–Kier alpha value is -2.03. The average Bonchev–Trinajstić information content (AvgIpc) is 2.46. The van der Waals surface area contributed by atoms with E-state index in [2.05, 4.69) is 10.3 Å². The van der Waals surface area contributed by atoms with E-state index in [-0.39, 0.29) is 23.1 Å². The van der Waals surface area contributed by atoms with Gasteiger partial charge in [0.15, 0.2) is 0 Å². The molecule has 124 valence electrons. The van der Waals surface area contributed by atoms with Crippen molar-refractivity contribution in [2.45, 2.75) is 18.0 Å². The van der Waals surface area contributed by atoms with E-state index in [1.54, 1.807) is 12.1 Å². The van der Waals surface area contributed by atoms with Crippen LogP contribution in [0, 0.1) is 5.82 Å². The summed E-state index contributed by atoms with van der Waals surface area (Å²) in [6.45, 7) is 0.744. The Balaban J connectivity index is 2.15. The number of halogens is 1. The molecule has 6 nitrogen and oxygen atoms in total. The number of aromatic nitrogens is 1. The zero-order valence-corrected chi connectivity index (χ0v) is 13.8. The molecule has 0 aliphatic carbocycles. The first kappa shape index (κ1) is 17.3. The topological polar surface area (TPSA) is 88.3 Å². The lowest BCUT2D eigenvalue weighted by Crippen LogP contribution is -2.16. The minimum absolute atomic E-state index is 0.0929. The van der Waals surface area contributed by atoms with Gasteiger partial charge >= 0.3 is 0 Å². The smallest absolute Gasteiger partial charge is 0.241 e. The van der Waals surface area contributed by atoms with Gasteiger partial charge in [-0.1, -0.05) is 12.1 Å². The maximum Gasteiger partial charge on any atom is 0.241 e. The van der Waals surface area contributed by atoms with E-state index < -0.39 is 10.0 Å². The second kappa shape index (κ2) is 7.03. The van der Waals surface area contributed by atoms with Crippen LogP contribution in [0.3, 0.4) is 0 Å². The molecule has 0 fully saturated rings. The summed E-state index contributed by atoms with van der Waals surface area (Å²) < 4.78 is 37.0. The molecule has 0 unspecified atom stereocenters. The Bertz CT molecular complexity index is 794. The first-order valence-corrected chi connectivity index (χ1v) is 8.45. The number of nitrogens with zero attached hydrogens (tertiary/aromatic N) is 2. The molecule has 1 heterocycles. The Labute approximate surface area is 135 Å². The van der Waals surface area contributed by atoms with Crippen LogP contribution < -0.4 is 10.5 Å². The van der Waals surface area contributed by atoms with Crippen molar-refractivity contribution in [2.24, 2.45) is 5.14 Å². The molecule has 3 N–H and O–H groups in total. The normalized spacial score (nSPS) is 11.7. The molecule has 0 bridgehead atoms. The van der Waals surface area contributed by atoms with Crippen molar-refractivity contribution in [3.63, 3.8) is 0 Å². The van der Waals surface area contributed by atoms with E-state index in [1.165, 1.54) is 24.4 Å². The lowest BCUT2D eigenvalue weighted by molar-refractivity contribution is 0.392. The van der Waals surface area contributed by atoms with Gasteiger partial charge in [0.1, 0.15) is 16.5 Å². The largest absolute Gasteiger partial charge is 0.365 e. The quantitative estimate of drug-likeness (QED) is 0.834. The highest BCUT2D eigenvalue weighted by molar-refractivity contribution is 7.89. The van der Waals surface area contributed by atoms with E-state index >= 15 is 0 Å². The highest BCUT2D eigenvalue weighted by atomic mass is 32.2. The van der Waals surface area contributed by atoms with Crippen molar-refractivity contribution in [1.29, 1.82) is 0 Å². The van der Waals surface area contributed by atoms with Crippen LogP contribution in [0.25, 0.3) is 0 Å². The Kier molecular flexibility index (Phi) is 5.30. The molecule has 0 aliphatic heterocycles. The van der Waals surface area contributed by atoms with Crippen molar-refractivity contribution in [2.75, 3.05) is 19.4 Å². The molecule has 0 aliphatic rings. The SMILES string of the molecule is CN(C)Cc1ccc(CNc2ncccc2S(N)(=O)=O)cc1F. The first-order valence-electron chi connectivity index (χ1n) is 6.91. The molecule has 0 amide bonds. The lowest BCUT2D eigenvalue weighted by Gasteiger charge is -2.12. The van der Waals surface area contributed by atoms with Crippen molar-refractivity contribution >= 4 is 15.8 Å². The lowest BCUT2D eigenvalue weighted by atomic mass is 10.1. The van der Waals surface area contributed by atoms with Gasteiger partial charge in [-0.2, -0.15) is 0 Å². The molecule has 0 saturated heterocycles. The van der Waals surface area contributed by atoms with Gasteiger partial charge in [0, 0.05) is 24.8 Å². The molecular weight excluding hydrogens is 319 g/mol. The standard InChI is InChI=1S/C15H19FN4O2S/c1-20(2)10-12-6-5-11(8-13(12)16)9-19-15-14(23(17,21)22)4-3-7-18-15/h3-8H,9-10H2,1-2H3,(H,18,19)(H2,17,21,22).